The van der Waals surface area contributed by atoms with Gasteiger partial charge in [-0.25, -0.2) is 9.78 Å². The molecule has 1 aromatic carbocycles. The van der Waals surface area contributed by atoms with Crippen molar-refractivity contribution < 1.29 is 22.4 Å². The smallest absolute Gasteiger partial charge is 0.417 e. The number of hydrogen-bond donors (Lipinski definition) is 2. The van der Waals surface area contributed by atoms with E-state index in [9.17, 15) is 22.8 Å². The summed E-state index contributed by atoms with van der Waals surface area (Å²) in [5.41, 5.74) is -1.33. The topological polar surface area (TPSA) is 84.2 Å². The van der Waals surface area contributed by atoms with Crippen molar-refractivity contribution in [2.45, 2.75) is 6.18 Å². The van der Waals surface area contributed by atoms with Gasteiger partial charge in [0.25, 0.3) is 5.91 Å². The van der Waals surface area contributed by atoms with Gasteiger partial charge in [0.05, 0.1) is 5.56 Å². The first-order valence-electron chi connectivity index (χ1n) is 7.93. The van der Waals surface area contributed by atoms with Crippen LogP contribution in [0.3, 0.4) is 0 Å². The van der Waals surface area contributed by atoms with Crippen LogP contribution in [0, 0.1) is 0 Å². The molecular formula is C18H14F3N3O3. The molecule has 3 rings (SSSR count). The number of pyridine rings is 1. The van der Waals surface area contributed by atoms with Crippen LogP contribution in [0.25, 0.3) is 11.0 Å². The maximum atomic E-state index is 12.5. The van der Waals surface area contributed by atoms with Gasteiger partial charge >= 0.3 is 11.8 Å². The third kappa shape index (κ3) is 4.43. The van der Waals surface area contributed by atoms with E-state index < -0.39 is 23.3 Å². The largest absolute Gasteiger partial charge is 0.422 e. The normalized spacial score (nSPS) is 11.4. The Hall–Kier alpha value is -3.36. The Labute approximate surface area is 151 Å². The zero-order chi connectivity index (χ0) is 19.4. The second kappa shape index (κ2) is 7.48. The number of rotatable bonds is 5. The second-order valence-corrected chi connectivity index (χ2v) is 5.60. The highest BCUT2D eigenvalue weighted by molar-refractivity contribution is 5.96. The van der Waals surface area contributed by atoms with Crippen LogP contribution >= 0.6 is 0 Å². The van der Waals surface area contributed by atoms with Crippen LogP contribution in [0.4, 0.5) is 19.0 Å². The van der Waals surface area contributed by atoms with Crippen molar-refractivity contribution in [3.05, 3.63) is 70.2 Å². The lowest BCUT2D eigenvalue weighted by atomic mass is 10.2. The number of carbonyl (C=O) groups excluding carboxylic acids is 1. The van der Waals surface area contributed by atoms with Crippen molar-refractivity contribution in [3.8, 4) is 0 Å². The van der Waals surface area contributed by atoms with Crippen LogP contribution < -0.4 is 16.3 Å². The number of anilines is 1. The summed E-state index contributed by atoms with van der Waals surface area (Å²) < 4.78 is 42.5. The van der Waals surface area contributed by atoms with Crippen molar-refractivity contribution in [3.63, 3.8) is 0 Å². The van der Waals surface area contributed by atoms with Crippen LogP contribution in [-0.4, -0.2) is 24.0 Å². The van der Waals surface area contributed by atoms with Crippen molar-refractivity contribution in [2.24, 2.45) is 0 Å². The molecule has 0 spiro atoms. The van der Waals surface area contributed by atoms with E-state index in [1.807, 2.05) is 0 Å². The highest BCUT2D eigenvalue weighted by Gasteiger charge is 2.30. The molecule has 2 aromatic heterocycles. The number of halogens is 3. The summed E-state index contributed by atoms with van der Waals surface area (Å²) in [5, 5.41) is 5.94. The monoisotopic (exact) mass is 377 g/mol. The van der Waals surface area contributed by atoms with Crippen LogP contribution in [0.1, 0.15) is 15.9 Å². The number of carbonyl (C=O) groups is 1. The Bertz CT molecular complexity index is 1010. The highest BCUT2D eigenvalue weighted by Crippen LogP contribution is 2.28. The molecule has 0 saturated heterocycles. The van der Waals surface area contributed by atoms with E-state index in [4.69, 9.17) is 4.42 Å². The van der Waals surface area contributed by atoms with Gasteiger partial charge < -0.3 is 15.1 Å². The van der Waals surface area contributed by atoms with Gasteiger partial charge in [0.2, 0.25) is 0 Å². The second-order valence-electron chi connectivity index (χ2n) is 5.60. The van der Waals surface area contributed by atoms with Crippen molar-refractivity contribution in [1.82, 2.24) is 10.3 Å². The van der Waals surface area contributed by atoms with Crippen molar-refractivity contribution >= 4 is 22.7 Å². The van der Waals surface area contributed by atoms with Gasteiger partial charge in [0.15, 0.2) is 0 Å². The summed E-state index contributed by atoms with van der Waals surface area (Å²) in [6.07, 6.45) is -3.72. The van der Waals surface area contributed by atoms with E-state index in [1.165, 1.54) is 12.1 Å². The molecule has 0 bridgehead atoms. The molecule has 140 valence electrons. The van der Waals surface area contributed by atoms with Gasteiger partial charge in [0.1, 0.15) is 17.0 Å². The zero-order valence-electron chi connectivity index (χ0n) is 13.8. The summed E-state index contributed by atoms with van der Waals surface area (Å²) in [4.78, 5) is 27.7. The minimum absolute atomic E-state index is 0.124. The molecule has 0 unspecified atom stereocenters. The SMILES string of the molecule is O=C(NCCNc1ccc(C(F)(F)F)cn1)c1cc2ccccc2oc1=O. The number of alkyl halides is 3. The lowest BCUT2D eigenvalue weighted by Crippen LogP contribution is -2.32. The molecule has 2 N–H and O–H groups in total. The fraction of sp³-hybridized carbons (Fsp3) is 0.167. The van der Waals surface area contributed by atoms with E-state index in [2.05, 4.69) is 15.6 Å². The third-order valence-corrected chi connectivity index (χ3v) is 3.69. The Morgan fingerprint density at radius 2 is 1.89 bits per heavy atom. The molecule has 27 heavy (non-hydrogen) atoms. The number of amides is 1. The number of para-hydroxylation sites is 1. The summed E-state index contributed by atoms with van der Waals surface area (Å²) in [7, 11) is 0. The van der Waals surface area contributed by atoms with Crippen LogP contribution in [0.2, 0.25) is 0 Å². The summed E-state index contributed by atoms with van der Waals surface area (Å²) in [6, 6.07) is 10.4. The molecule has 0 atom stereocenters. The Balaban J connectivity index is 1.55. The highest BCUT2D eigenvalue weighted by atomic mass is 19.4. The number of hydrogen-bond acceptors (Lipinski definition) is 5. The lowest BCUT2D eigenvalue weighted by Gasteiger charge is -2.09. The first-order valence-corrected chi connectivity index (χ1v) is 7.93. The Morgan fingerprint density at radius 1 is 1.11 bits per heavy atom. The Kier molecular flexibility index (Phi) is 5.11. The average molecular weight is 377 g/mol. The van der Waals surface area contributed by atoms with E-state index in [1.54, 1.807) is 24.3 Å². The van der Waals surface area contributed by atoms with E-state index in [0.29, 0.717) is 11.0 Å². The van der Waals surface area contributed by atoms with Crippen LogP contribution in [-0.2, 0) is 6.18 Å². The molecule has 0 saturated carbocycles. The molecule has 0 aliphatic rings. The van der Waals surface area contributed by atoms with Crippen molar-refractivity contribution in [1.29, 1.82) is 0 Å². The predicted molar refractivity (Wildman–Crippen MR) is 92.5 cm³/mol. The standard InChI is InChI=1S/C18H14F3N3O3/c19-18(20,21)12-5-6-15(24-10-12)22-7-8-23-16(25)13-9-11-3-1-2-4-14(11)27-17(13)26/h1-6,9-10H,7-8H2,(H,22,24)(H,23,25). The molecule has 3 aromatic rings. The molecule has 1 amide bonds. The first kappa shape index (κ1) is 18.4. The van der Waals surface area contributed by atoms with Crippen LogP contribution in [0.5, 0.6) is 0 Å². The molecule has 6 nitrogen and oxygen atoms in total. The summed E-state index contributed by atoms with van der Waals surface area (Å²) >= 11 is 0. The van der Waals surface area contributed by atoms with E-state index in [0.717, 1.165) is 12.3 Å². The quantitative estimate of drug-likeness (QED) is 0.527. The molecular weight excluding hydrogens is 363 g/mol. The van der Waals surface area contributed by atoms with Gasteiger partial charge in [-0.05, 0) is 24.3 Å². The minimum atomic E-state index is -4.44. The molecule has 2 heterocycles. The number of benzene rings is 1. The van der Waals surface area contributed by atoms with Gasteiger partial charge in [-0.15, -0.1) is 0 Å². The Morgan fingerprint density at radius 3 is 2.59 bits per heavy atom. The maximum Gasteiger partial charge on any atom is 0.417 e. The zero-order valence-corrected chi connectivity index (χ0v) is 13.8. The van der Waals surface area contributed by atoms with Crippen molar-refractivity contribution in [2.75, 3.05) is 18.4 Å². The number of fused-ring (bicyclic) bond motifs is 1. The molecule has 0 radical (unpaired) electrons. The molecule has 0 aliphatic heterocycles. The number of aromatic nitrogens is 1. The third-order valence-electron chi connectivity index (χ3n) is 3.69. The fourth-order valence-electron chi connectivity index (χ4n) is 2.35. The van der Waals surface area contributed by atoms with Gasteiger partial charge in [-0.3, -0.25) is 4.79 Å². The number of nitrogens with zero attached hydrogens (tertiary/aromatic N) is 1. The number of nitrogens with one attached hydrogen (secondary N) is 2. The lowest BCUT2D eigenvalue weighted by molar-refractivity contribution is -0.137. The van der Waals surface area contributed by atoms with E-state index in [-0.39, 0.29) is 24.5 Å². The fourth-order valence-corrected chi connectivity index (χ4v) is 2.35. The molecule has 0 fully saturated rings. The molecule has 9 heteroatoms. The van der Waals surface area contributed by atoms with Gasteiger partial charge in [-0.2, -0.15) is 13.2 Å². The average Bonchev–Trinajstić information content (AvgIpc) is 2.64. The van der Waals surface area contributed by atoms with Crippen LogP contribution in [0.15, 0.2) is 57.9 Å². The summed E-state index contributed by atoms with van der Waals surface area (Å²) in [6.45, 7) is 0.344. The maximum absolute atomic E-state index is 12.5. The molecule has 0 aliphatic carbocycles. The van der Waals surface area contributed by atoms with Gasteiger partial charge in [0, 0.05) is 24.7 Å². The predicted octanol–water partition coefficient (Wildman–Crippen LogP) is 3.05. The first-order chi connectivity index (χ1) is 12.8. The van der Waals surface area contributed by atoms with E-state index >= 15 is 0 Å². The summed E-state index contributed by atoms with van der Waals surface area (Å²) in [5.74, 6) is -0.362. The van der Waals surface area contributed by atoms with Gasteiger partial charge in [-0.1, -0.05) is 18.2 Å². The minimum Gasteiger partial charge on any atom is -0.422 e.